The predicted octanol–water partition coefficient (Wildman–Crippen LogP) is 0.486. The summed E-state index contributed by atoms with van der Waals surface area (Å²) in [7, 11) is -3.39. The Labute approximate surface area is 90.5 Å². The van der Waals surface area contributed by atoms with E-state index in [0.717, 1.165) is 12.0 Å². The molecule has 0 radical (unpaired) electrons. The molecule has 0 bridgehead atoms. The molecule has 3 N–H and O–H groups in total. The van der Waals surface area contributed by atoms with Gasteiger partial charge in [0.1, 0.15) is 0 Å². The molecule has 0 amide bonds. The lowest BCUT2D eigenvalue weighted by atomic mass is 10.2. The molecule has 0 saturated carbocycles. The maximum absolute atomic E-state index is 11.7. The minimum atomic E-state index is -3.39. The molecule has 0 aliphatic heterocycles. The number of benzene rings is 1. The molecule has 4 nitrogen and oxygen atoms in total. The van der Waals surface area contributed by atoms with Crippen molar-refractivity contribution in [2.24, 2.45) is 5.73 Å². The lowest BCUT2D eigenvalue weighted by Gasteiger charge is -2.06. The van der Waals surface area contributed by atoms with Crippen LogP contribution in [0.2, 0.25) is 0 Å². The lowest BCUT2D eigenvalue weighted by molar-refractivity contribution is 0.582. The maximum Gasteiger partial charge on any atom is 0.240 e. The van der Waals surface area contributed by atoms with Gasteiger partial charge < -0.3 is 5.73 Å². The fraction of sp³-hybridized carbons (Fsp3) is 0.400. The van der Waals surface area contributed by atoms with Crippen molar-refractivity contribution in [3.8, 4) is 0 Å². The van der Waals surface area contributed by atoms with Crippen LogP contribution < -0.4 is 10.5 Å². The molecule has 1 aromatic rings. The number of sulfonamides is 1. The first kappa shape index (κ1) is 12.2. The van der Waals surface area contributed by atoms with Gasteiger partial charge in [-0.1, -0.05) is 19.1 Å². The fourth-order valence-corrected chi connectivity index (χ4v) is 2.33. The van der Waals surface area contributed by atoms with Gasteiger partial charge in [0.05, 0.1) is 4.90 Å². The first-order valence-electron chi connectivity index (χ1n) is 4.89. The van der Waals surface area contributed by atoms with Crippen molar-refractivity contribution in [1.29, 1.82) is 0 Å². The van der Waals surface area contributed by atoms with Crippen LogP contribution in [0.5, 0.6) is 0 Å². The van der Waals surface area contributed by atoms with Crippen molar-refractivity contribution < 1.29 is 8.42 Å². The summed E-state index contributed by atoms with van der Waals surface area (Å²) in [4.78, 5) is 0.301. The van der Waals surface area contributed by atoms with E-state index in [4.69, 9.17) is 5.73 Å². The van der Waals surface area contributed by atoms with Gasteiger partial charge in [0.2, 0.25) is 10.0 Å². The van der Waals surface area contributed by atoms with E-state index >= 15 is 0 Å². The second-order valence-electron chi connectivity index (χ2n) is 3.19. The summed E-state index contributed by atoms with van der Waals surface area (Å²) in [5.41, 5.74) is 6.25. The lowest BCUT2D eigenvalue weighted by Crippen LogP contribution is -2.29. The second kappa shape index (κ2) is 5.25. The maximum atomic E-state index is 11.7. The van der Waals surface area contributed by atoms with Crippen LogP contribution in [0.15, 0.2) is 29.2 Å². The standard InChI is InChI=1S/C10H16N2O2S/c1-2-9-4-3-5-10(8-9)15(13,14)12-7-6-11/h3-5,8,12H,2,6-7,11H2,1H3. The van der Waals surface area contributed by atoms with Gasteiger partial charge in [-0.25, -0.2) is 13.1 Å². The SMILES string of the molecule is CCc1cccc(S(=O)(=O)NCCN)c1. The molecule has 0 spiro atoms. The van der Waals surface area contributed by atoms with Crippen LogP contribution in [0.3, 0.4) is 0 Å². The van der Waals surface area contributed by atoms with Crippen molar-refractivity contribution in [3.05, 3.63) is 29.8 Å². The summed E-state index contributed by atoms with van der Waals surface area (Å²) < 4.78 is 25.8. The third-order valence-electron chi connectivity index (χ3n) is 2.05. The fourth-order valence-electron chi connectivity index (χ4n) is 1.21. The Morgan fingerprint density at radius 3 is 2.73 bits per heavy atom. The average molecular weight is 228 g/mol. The minimum Gasteiger partial charge on any atom is -0.329 e. The molecule has 0 aliphatic carbocycles. The Hall–Kier alpha value is -0.910. The molecule has 0 atom stereocenters. The third-order valence-corrected chi connectivity index (χ3v) is 3.51. The van der Waals surface area contributed by atoms with Gasteiger partial charge >= 0.3 is 0 Å². The van der Waals surface area contributed by atoms with E-state index in [9.17, 15) is 8.42 Å². The van der Waals surface area contributed by atoms with Gasteiger partial charge in [-0.15, -0.1) is 0 Å². The van der Waals surface area contributed by atoms with Gasteiger partial charge in [-0.05, 0) is 24.1 Å². The van der Waals surface area contributed by atoms with Crippen LogP contribution in [0.1, 0.15) is 12.5 Å². The smallest absolute Gasteiger partial charge is 0.240 e. The molecule has 0 fully saturated rings. The van der Waals surface area contributed by atoms with E-state index in [1.807, 2.05) is 13.0 Å². The molecular formula is C10H16N2O2S. The summed E-state index contributed by atoms with van der Waals surface area (Å²) >= 11 is 0. The van der Waals surface area contributed by atoms with Crippen LogP contribution >= 0.6 is 0 Å². The third kappa shape index (κ3) is 3.30. The van der Waals surface area contributed by atoms with Gasteiger partial charge in [0, 0.05) is 13.1 Å². The molecule has 1 rings (SSSR count). The highest BCUT2D eigenvalue weighted by atomic mass is 32.2. The van der Waals surface area contributed by atoms with Crippen LogP contribution in [0.25, 0.3) is 0 Å². The Bertz CT molecular complexity index is 415. The zero-order chi connectivity index (χ0) is 11.3. The van der Waals surface area contributed by atoms with E-state index in [1.165, 1.54) is 0 Å². The topological polar surface area (TPSA) is 72.2 Å². The molecule has 1 aromatic carbocycles. The number of nitrogens with two attached hydrogens (primary N) is 1. The molecule has 0 heterocycles. The Morgan fingerprint density at radius 2 is 2.13 bits per heavy atom. The van der Waals surface area contributed by atoms with Crippen molar-refractivity contribution in [3.63, 3.8) is 0 Å². The molecule has 0 aromatic heterocycles. The summed E-state index contributed by atoms with van der Waals surface area (Å²) in [6, 6.07) is 6.91. The quantitative estimate of drug-likeness (QED) is 0.770. The summed E-state index contributed by atoms with van der Waals surface area (Å²) in [5.74, 6) is 0. The number of hydrogen-bond acceptors (Lipinski definition) is 3. The van der Waals surface area contributed by atoms with E-state index in [0.29, 0.717) is 11.4 Å². The first-order valence-corrected chi connectivity index (χ1v) is 6.37. The number of aryl methyl sites for hydroxylation is 1. The number of rotatable bonds is 5. The van der Waals surface area contributed by atoms with Gasteiger partial charge in [0.15, 0.2) is 0 Å². The van der Waals surface area contributed by atoms with Crippen molar-refractivity contribution in [1.82, 2.24) is 4.72 Å². The van der Waals surface area contributed by atoms with Gasteiger partial charge in [-0.3, -0.25) is 0 Å². The van der Waals surface area contributed by atoms with Crippen LogP contribution in [-0.2, 0) is 16.4 Å². The molecule has 0 saturated heterocycles. The number of nitrogens with one attached hydrogen (secondary N) is 1. The predicted molar refractivity (Wildman–Crippen MR) is 60.1 cm³/mol. The Balaban J connectivity index is 2.94. The molecule has 5 heteroatoms. The molecular weight excluding hydrogens is 212 g/mol. The normalized spacial score (nSPS) is 11.6. The first-order chi connectivity index (χ1) is 7.10. The van der Waals surface area contributed by atoms with Crippen molar-refractivity contribution in [2.45, 2.75) is 18.2 Å². The van der Waals surface area contributed by atoms with E-state index in [2.05, 4.69) is 4.72 Å². The van der Waals surface area contributed by atoms with Crippen molar-refractivity contribution >= 4 is 10.0 Å². The van der Waals surface area contributed by atoms with Crippen LogP contribution in [-0.4, -0.2) is 21.5 Å². The van der Waals surface area contributed by atoms with Crippen molar-refractivity contribution in [2.75, 3.05) is 13.1 Å². The van der Waals surface area contributed by atoms with E-state index in [-0.39, 0.29) is 6.54 Å². The summed E-state index contributed by atoms with van der Waals surface area (Å²) in [5, 5.41) is 0. The summed E-state index contributed by atoms with van der Waals surface area (Å²) in [6.45, 7) is 2.55. The second-order valence-corrected chi connectivity index (χ2v) is 4.95. The highest BCUT2D eigenvalue weighted by Crippen LogP contribution is 2.11. The minimum absolute atomic E-state index is 0.263. The zero-order valence-corrected chi connectivity index (χ0v) is 9.55. The summed E-state index contributed by atoms with van der Waals surface area (Å²) in [6.07, 6.45) is 0.820. The van der Waals surface area contributed by atoms with Gasteiger partial charge in [0.25, 0.3) is 0 Å². The molecule has 15 heavy (non-hydrogen) atoms. The average Bonchev–Trinajstić information content (AvgIpc) is 2.26. The van der Waals surface area contributed by atoms with Crippen LogP contribution in [0, 0.1) is 0 Å². The number of hydrogen-bond donors (Lipinski definition) is 2. The highest BCUT2D eigenvalue weighted by Gasteiger charge is 2.12. The molecule has 84 valence electrons. The zero-order valence-electron chi connectivity index (χ0n) is 8.73. The van der Waals surface area contributed by atoms with E-state index < -0.39 is 10.0 Å². The Morgan fingerprint density at radius 1 is 1.40 bits per heavy atom. The monoisotopic (exact) mass is 228 g/mol. The Kier molecular flexibility index (Phi) is 4.26. The highest BCUT2D eigenvalue weighted by molar-refractivity contribution is 7.89. The van der Waals surface area contributed by atoms with Gasteiger partial charge in [-0.2, -0.15) is 0 Å². The largest absolute Gasteiger partial charge is 0.329 e. The van der Waals surface area contributed by atoms with E-state index in [1.54, 1.807) is 18.2 Å². The molecule has 0 aliphatic rings. The van der Waals surface area contributed by atoms with Crippen LogP contribution in [0.4, 0.5) is 0 Å². The molecule has 0 unspecified atom stereocenters.